The van der Waals surface area contributed by atoms with E-state index in [1.807, 2.05) is 24.3 Å². The van der Waals surface area contributed by atoms with E-state index in [2.05, 4.69) is 10.6 Å². The Morgan fingerprint density at radius 1 is 1.24 bits per heavy atom. The van der Waals surface area contributed by atoms with Crippen molar-refractivity contribution < 1.29 is 9.53 Å². The molecule has 116 valence electrons. The first-order valence-electron chi connectivity index (χ1n) is 7.56. The van der Waals surface area contributed by atoms with E-state index in [4.69, 9.17) is 4.74 Å². The average molecular weight is 311 g/mol. The number of anilines is 1. The molecule has 1 heterocycles. The van der Waals surface area contributed by atoms with Crippen molar-refractivity contribution in [3.8, 4) is 5.75 Å². The predicted molar refractivity (Wildman–Crippen MR) is 86.1 cm³/mol. The molecule has 2 fully saturated rings. The minimum atomic E-state index is 0. The number of hydrogen-bond acceptors (Lipinski definition) is 3. The van der Waals surface area contributed by atoms with Gasteiger partial charge in [-0.25, -0.2) is 0 Å². The van der Waals surface area contributed by atoms with Crippen molar-refractivity contribution in [2.24, 2.45) is 11.8 Å². The van der Waals surface area contributed by atoms with Gasteiger partial charge in [-0.15, -0.1) is 12.4 Å². The fourth-order valence-electron chi connectivity index (χ4n) is 2.45. The molecular formula is C16H23ClN2O2. The summed E-state index contributed by atoms with van der Waals surface area (Å²) >= 11 is 0. The third-order valence-electron chi connectivity index (χ3n) is 3.97. The number of halogens is 1. The molecule has 0 aromatic heterocycles. The highest BCUT2D eigenvalue weighted by Gasteiger charge is 2.22. The van der Waals surface area contributed by atoms with Gasteiger partial charge in [0.2, 0.25) is 5.91 Å². The van der Waals surface area contributed by atoms with Crippen LogP contribution in [0.15, 0.2) is 24.3 Å². The molecule has 0 radical (unpaired) electrons. The number of rotatable bonds is 5. The highest BCUT2D eigenvalue weighted by atomic mass is 35.5. The van der Waals surface area contributed by atoms with Crippen LogP contribution in [-0.4, -0.2) is 25.6 Å². The summed E-state index contributed by atoms with van der Waals surface area (Å²) in [6.45, 7) is 2.63. The van der Waals surface area contributed by atoms with E-state index in [9.17, 15) is 4.79 Å². The normalized spacial score (nSPS) is 21.2. The maximum Gasteiger partial charge on any atom is 0.228 e. The first kappa shape index (κ1) is 16.1. The van der Waals surface area contributed by atoms with E-state index in [0.29, 0.717) is 0 Å². The van der Waals surface area contributed by atoms with Crippen molar-refractivity contribution in [2.45, 2.75) is 25.7 Å². The predicted octanol–water partition coefficient (Wildman–Crippen LogP) is 2.84. The molecule has 1 amide bonds. The summed E-state index contributed by atoms with van der Waals surface area (Å²) in [5, 5.41) is 6.24. The number of nitrogens with one attached hydrogen (secondary N) is 2. The smallest absolute Gasteiger partial charge is 0.228 e. The van der Waals surface area contributed by atoms with Crippen molar-refractivity contribution in [3.63, 3.8) is 0 Å². The molecule has 1 saturated heterocycles. The second-order valence-corrected chi connectivity index (χ2v) is 5.81. The Kier molecular flexibility index (Phi) is 5.88. The number of amides is 1. The second kappa shape index (κ2) is 7.66. The quantitative estimate of drug-likeness (QED) is 0.879. The lowest BCUT2D eigenvalue weighted by molar-refractivity contribution is -0.120. The van der Waals surface area contributed by atoms with E-state index >= 15 is 0 Å². The fraction of sp³-hybridized carbons (Fsp3) is 0.562. The third-order valence-corrected chi connectivity index (χ3v) is 3.97. The Bertz CT molecular complexity index is 454. The number of piperidine rings is 1. The summed E-state index contributed by atoms with van der Waals surface area (Å²) in [7, 11) is 0. The second-order valence-electron chi connectivity index (χ2n) is 5.81. The summed E-state index contributed by atoms with van der Waals surface area (Å²) in [6.07, 6.45) is 4.64. The van der Waals surface area contributed by atoms with Gasteiger partial charge >= 0.3 is 0 Å². The number of carbonyl (C=O) groups is 1. The molecule has 1 unspecified atom stereocenters. The molecule has 2 aliphatic rings. The van der Waals surface area contributed by atoms with Gasteiger partial charge in [0.15, 0.2) is 0 Å². The average Bonchev–Trinajstić information content (AvgIpc) is 3.32. The highest BCUT2D eigenvalue weighted by molar-refractivity contribution is 5.92. The molecule has 1 saturated carbocycles. The van der Waals surface area contributed by atoms with Crippen LogP contribution in [0.2, 0.25) is 0 Å². The third kappa shape index (κ3) is 4.90. The fourth-order valence-corrected chi connectivity index (χ4v) is 2.45. The van der Waals surface area contributed by atoms with Gasteiger partial charge in [-0.3, -0.25) is 4.79 Å². The lowest BCUT2D eigenvalue weighted by atomic mass is 9.99. The molecule has 1 aliphatic heterocycles. The van der Waals surface area contributed by atoms with E-state index in [-0.39, 0.29) is 24.2 Å². The summed E-state index contributed by atoms with van der Waals surface area (Å²) in [6, 6.07) is 7.68. The Morgan fingerprint density at radius 3 is 2.62 bits per heavy atom. The van der Waals surface area contributed by atoms with E-state index < -0.39 is 0 Å². The topological polar surface area (TPSA) is 50.4 Å². The van der Waals surface area contributed by atoms with Crippen LogP contribution in [0.1, 0.15) is 25.7 Å². The van der Waals surface area contributed by atoms with Gasteiger partial charge in [0.05, 0.1) is 12.5 Å². The van der Waals surface area contributed by atoms with E-state index in [1.54, 1.807) is 0 Å². The summed E-state index contributed by atoms with van der Waals surface area (Å²) in [5.74, 6) is 1.85. The molecule has 1 aromatic carbocycles. The van der Waals surface area contributed by atoms with Crippen molar-refractivity contribution in [3.05, 3.63) is 24.3 Å². The Hall–Kier alpha value is -1.26. The minimum absolute atomic E-state index is 0. The highest BCUT2D eigenvalue weighted by Crippen LogP contribution is 2.29. The molecule has 1 aromatic rings. The molecule has 0 bridgehead atoms. The zero-order chi connectivity index (χ0) is 13.8. The van der Waals surface area contributed by atoms with Crippen molar-refractivity contribution in [1.29, 1.82) is 0 Å². The molecule has 1 atom stereocenters. The largest absolute Gasteiger partial charge is 0.493 e. The molecule has 4 nitrogen and oxygen atoms in total. The van der Waals surface area contributed by atoms with Crippen LogP contribution in [0.25, 0.3) is 0 Å². The molecular weight excluding hydrogens is 288 g/mol. The van der Waals surface area contributed by atoms with Gasteiger partial charge in [-0.05, 0) is 62.4 Å². The Morgan fingerprint density at radius 2 is 2.00 bits per heavy atom. The van der Waals surface area contributed by atoms with Crippen LogP contribution >= 0.6 is 12.4 Å². The summed E-state index contributed by atoms with van der Waals surface area (Å²) in [4.78, 5) is 12.1. The van der Waals surface area contributed by atoms with Gasteiger partial charge in [0.1, 0.15) is 5.75 Å². The van der Waals surface area contributed by atoms with Gasteiger partial charge in [-0.1, -0.05) is 0 Å². The molecule has 5 heteroatoms. The number of ether oxygens (including phenoxy) is 1. The van der Waals surface area contributed by atoms with E-state index in [0.717, 1.165) is 49.9 Å². The van der Waals surface area contributed by atoms with Crippen LogP contribution in [0.5, 0.6) is 5.75 Å². The Labute approximate surface area is 132 Å². The van der Waals surface area contributed by atoms with Crippen molar-refractivity contribution >= 4 is 24.0 Å². The van der Waals surface area contributed by atoms with Crippen LogP contribution in [-0.2, 0) is 4.79 Å². The molecule has 1 aliphatic carbocycles. The molecule has 3 rings (SSSR count). The van der Waals surface area contributed by atoms with Crippen molar-refractivity contribution in [2.75, 3.05) is 25.0 Å². The molecule has 2 N–H and O–H groups in total. The van der Waals surface area contributed by atoms with Crippen LogP contribution in [0, 0.1) is 11.8 Å². The zero-order valence-electron chi connectivity index (χ0n) is 12.1. The number of benzene rings is 1. The van der Waals surface area contributed by atoms with Gasteiger partial charge in [-0.2, -0.15) is 0 Å². The van der Waals surface area contributed by atoms with Gasteiger partial charge < -0.3 is 15.4 Å². The SMILES string of the molecule is Cl.O=C(Nc1ccc(OCC2CC2)cc1)C1CCCNC1. The van der Waals surface area contributed by atoms with Crippen LogP contribution in [0.4, 0.5) is 5.69 Å². The number of carbonyl (C=O) groups excluding carboxylic acids is 1. The maximum atomic E-state index is 12.1. The minimum Gasteiger partial charge on any atom is -0.493 e. The standard InChI is InChI=1S/C16H22N2O2.ClH/c19-16(13-2-1-9-17-10-13)18-14-5-7-15(8-6-14)20-11-12-3-4-12;/h5-8,12-13,17H,1-4,9-11H2,(H,18,19);1H. The summed E-state index contributed by atoms with van der Waals surface area (Å²) < 4.78 is 5.68. The first-order valence-corrected chi connectivity index (χ1v) is 7.56. The maximum absolute atomic E-state index is 12.1. The molecule has 21 heavy (non-hydrogen) atoms. The van der Waals surface area contributed by atoms with Crippen molar-refractivity contribution in [1.82, 2.24) is 5.32 Å². The zero-order valence-corrected chi connectivity index (χ0v) is 13.0. The van der Waals surface area contributed by atoms with Crippen LogP contribution in [0.3, 0.4) is 0 Å². The number of hydrogen-bond donors (Lipinski definition) is 2. The Balaban J connectivity index is 0.00000161. The lowest BCUT2D eigenvalue weighted by Gasteiger charge is -2.21. The van der Waals surface area contributed by atoms with Gasteiger partial charge in [0.25, 0.3) is 0 Å². The van der Waals surface area contributed by atoms with Gasteiger partial charge in [0, 0.05) is 12.2 Å². The van der Waals surface area contributed by atoms with Crippen LogP contribution < -0.4 is 15.4 Å². The molecule has 0 spiro atoms. The van der Waals surface area contributed by atoms with E-state index in [1.165, 1.54) is 12.8 Å². The monoisotopic (exact) mass is 310 g/mol. The first-order chi connectivity index (χ1) is 9.81. The summed E-state index contributed by atoms with van der Waals surface area (Å²) in [5.41, 5.74) is 0.847. The lowest BCUT2D eigenvalue weighted by Crippen LogP contribution is -2.37.